The van der Waals surface area contributed by atoms with Crippen LogP contribution >= 0.6 is 0 Å². The molecule has 0 amide bonds. The molecule has 0 heterocycles. The van der Waals surface area contributed by atoms with Gasteiger partial charge < -0.3 is 14.2 Å². The minimum Gasteiger partial charge on any atom is -0.462 e. The Bertz CT molecular complexity index is 1500. The summed E-state index contributed by atoms with van der Waals surface area (Å²) in [4.78, 5) is 38.4. The lowest BCUT2D eigenvalue weighted by Crippen LogP contribution is -2.30. The maximum atomic E-state index is 12.9. The van der Waals surface area contributed by atoms with E-state index in [0.29, 0.717) is 19.3 Å². The quantitative estimate of drug-likeness (QED) is 0.0261. The first kappa shape index (κ1) is 78.8. The highest BCUT2D eigenvalue weighted by molar-refractivity contribution is 5.71. The third-order valence-corrected chi connectivity index (χ3v) is 15.9. The third-order valence-electron chi connectivity index (χ3n) is 15.9. The zero-order chi connectivity index (χ0) is 59.2. The number of unbranched alkanes of at least 4 members (excludes halogenated alkanes) is 43. The summed E-state index contributed by atoms with van der Waals surface area (Å²) in [7, 11) is 0. The van der Waals surface area contributed by atoms with Crippen molar-refractivity contribution in [1.82, 2.24) is 0 Å². The van der Waals surface area contributed by atoms with Crippen molar-refractivity contribution < 1.29 is 28.6 Å². The van der Waals surface area contributed by atoms with Crippen molar-refractivity contribution in [3.63, 3.8) is 0 Å². The van der Waals surface area contributed by atoms with E-state index in [-0.39, 0.29) is 31.1 Å². The maximum Gasteiger partial charge on any atom is 0.306 e. The normalized spacial score (nSPS) is 12.5. The van der Waals surface area contributed by atoms with Crippen LogP contribution in [-0.4, -0.2) is 37.2 Å². The average molecular weight is 1150 g/mol. The van der Waals surface area contributed by atoms with Gasteiger partial charge in [0.15, 0.2) is 6.10 Å². The van der Waals surface area contributed by atoms with Gasteiger partial charge in [0.05, 0.1) is 0 Å². The summed E-state index contributed by atoms with van der Waals surface area (Å²) in [5.41, 5.74) is 0. The molecule has 0 aromatic carbocycles. The van der Waals surface area contributed by atoms with Crippen LogP contribution in [-0.2, 0) is 28.6 Å². The summed E-state index contributed by atoms with van der Waals surface area (Å²) < 4.78 is 17.0. The molecule has 82 heavy (non-hydrogen) atoms. The third kappa shape index (κ3) is 67.6. The number of rotatable bonds is 66. The van der Waals surface area contributed by atoms with E-state index in [2.05, 4.69) is 93.7 Å². The van der Waals surface area contributed by atoms with Gasteiger partial charge in [-0.3, -0.25) is 14.4 Å². The van der Waals surface area contributed by atoms with Crippen LogP contribution in [0.2, 0.25) is 0 Å². The number of hydrogen-bond donors (Lipinski definition) is 0. The predicted octanol–water partition coefficient (Wildman–Crippen LogP) is 24.8. The Morgan fingerprint density at radius 1 is 0.244 bits per heavy atom. The van der Waals surface area contributed by atoms with Crippen molar-refractivity contribution >= 4 is 17.9 Å². The molecule has 476 valence electrons. The summed E-state index contributed by atoms with van der Waals surface area (Å²) in [5.74, 6) is -0.877. The molecule has 0 fully saturated rings. The molecule has 0 aromatic heterocycles. The largest absolute Gasteiger partial charge is 0.462 e. The van der Waals surface area contributed by atoms with Crippen molar-refractivity contribution in [2.75, 3.05) is 13.2 Å². The molecule has 0 aromatic rings. The van der Waals surface area contributed by atoms with Gasteiger partial charge in [-0.2, -0.15) is 0 Å². The number of carbonyl (C=O) groups is 3. The first-order chi connectivity index (χ1) is 40.5. The lowest BCUT2D eigenvalue weighted by Gasteiger charge is -2.18. The molecule has 0 rings (SSSR count). The molecule has 6 heteroatoms. The molecule has 0 aliphatic heterocycles. The fourth-order valence-electron chi connectivity index (χ4n) is 10.5. The summed E-state index contributed by atoms with van der Waals surface area (Å²) in [6, 6.07) is 0. The van der Waals surface area contributed by atoms with E-state index in [1.807, 2.05) is 0 Å². The minimum absolute atomic E-state index is 0.0787. The second kappa shape index (κ2) is 70.3. The van der Waals surface area contributed by atoms with Crippen molar-refractivity contribution in [2.24, 2.45) is 0 Å². The Labute approximate surface area is 510 Å². The van der Waals surface area contributed by atoms with Gasteiger partial charge in [-0.1, -0.05) is 312 Å². The SMILES string of the molecule is CCCCC/C=C\C/C=C\CCCCCCCC(=O)OCC(COC(=O)CCCCCCCCCCCCCCCCCC/C=C\C/C=C\C/C=C\CCCCCCC)OC(=O)CCCCCCCCC/C=C\CCCCCCCCC. The van der Waals surface area contributed by atoms with Crippen LogP contribution in [0.25, 0.3) is 0 Å². The molecule has 1 atom stereocenters. The van der Waals surface area contributed by atoms with Gasteiger partial charge in [0, 0.05) is 19.3 Å². The topological polar surface area (TPSA) is 78.9 Å². The zero-order valence-corrected chi connectivity index (χ0v) is 54.8. The monoisotopic (exact) mass is 1150 g/mol. The molecule has 0 saturated heterocycles. The van der Waals surface area contributed by atoms with Crippen LogP contribution in [0.15, 0.2) is 72.9 Å². The van der Waals surface area contributed by atoms with Gasteiger partial charge in [0.25, 0.3) is 0 Å². The van der Waals surface area contributed by atoms with E-state index in [0.717, 1.165) is 89.9 Å². The van der Waals surface area contributed by atoms with Gasteiger partial charge in [0.2, 0.25) is 0 Å². The smallest absolute Gasteiger partial charge is 0.306 e. The molecule has 0 aliphatic rings. The fraction of sp³-hybridized carbons (Fsp3) is 0.803. The van der Waals surface area contributed by atoms with Gasteiger partial charge >= 0.3 is 17.9 Å². The van der Waals surface area contributed by atoms with Gasteiger partial charge in [-0.05, 0) is 116 Å². The van der Waals surface area contributed by atoms with Gasteiger partial charge in [-0.25, -0.2) is 0 Å². The standard InChI is InChI=1S/C76H136O6/c1-4-7-10-13-16-19-22-25-28-30-32-33-34-35-36-37-38-39-40-41-42-43-44-46-48-51-54-57-60-63-66-69-75(78)81-72-73(71-80-74(77)68-65-62-59-56-53-50-47-27-24-21-18-15-12-9-6-3)82-76(79)70-67-64-61-58-55-52-49-45-31-29-26-23-20-17-14-11-8-5-2/h18,21-22,25,27,29-32,34-35,47,73H,4-17,19-20,23-24,26,28,33,36-46,48-72H2,1-3H3/b21-18-,25-22-,31-29-,32-30-,35-34-,47-27-. The summed E-state index contributed by atoms with van der Waals surface area (Å²) in [5, 5.41) is 0. The maximum absolute atomic E-state index is 12.9. The second-order valence-electron chi connectivity index (χ2n) is 24.1. The highest BCUT2D eigenvalue weighted by atomic mass is 16.6. The first-order valence-electron chi connectivity index (χ1n) is 35.9. The molecule has 0 radical (unpaired) electrons. The summed E-state index contributed by atoms with van der Waals surface area (Å²) in [6.07, 6.45) is 92.2. The molecule has 6 nitrogen and oxygen atoms in total. The van der Waals surface area contributed by atoms with E-state index < -0.39 is 6.10 Å². The fourth-order valence-corrected chi connectivity index (χ4v) is 10.5. The highest BCUT2D eigenvalue weighted by Gasteiger charge is 2.19. The van der Waals surface area contributed by atoms with E-state index >= 15 is 0 Å². The van der Waals surface area contributed by atoms with Crippen LogP contribution in [0.1, 0.15) is 374 Å². The Hall–Kier alpha value is -3.15. The molecule has 0 N–H and O–H groups in total. The lowest BCUT2D eigenvalue weighted by molar-refractivity contribution is -0.167. The molecule has 0 bridgehead atoms. The molecule has 1 unspecified atom stereocenters. The predicted molar refractivity (Wildman–Crippen MR) is 358 cm³/mol. The summed E-state index contributed by atoms with van der Waals surface area (Å²) >= 11 is 0. The van der Waals surface area contributed by atoms with Crippen molar-refractivity contribution in [3.05, 3.63) is 72.9 Å². The molecule has 0 aliphatic carbocycles. The van der Waals surface area contributed by atoms with Crippen LogP contribution in [0, 0.1) is 0 Å². The highest BCUT2D eigenvalue weighted by Crippen LogP contribution is 2.17. The lowest BCUT2D eigenvalue weighted by atomic mass is 10.0. The number of carbonyl (C=O) groups excluding carboxylic acids is 3. The Kier molecular flexibility index (Phi) is 67.6. The van der Waals surface area contributed by atoms with Gasteiger partial charge in [-0.15, -0.1) is 0 Å². The number of allylic oxidation sites excluding steroid dienone is 12. The van der Waals surface area contributed by atoms with Crippen LogP contribution in [0.3, 0.4) is 0 Å². The molecule has 0 saturated carbocycles. The van der Waals surface area contributed by atoms with Crippen LogP contribution in [0.4, 0.5) is 0 Å². The van der Waals surface area contributed by atoms with Gasteiger partial charge in [0.1, 0.15) is 13.2 Å². The molecular formula is C76H136O6. The Morgan fingerprint density at radius 2 is 0.439 bits per heavy atom. The Balaban J connectivity index is 4.23. The van der Waals surface area contributed by atoms with Crippen molar-refractivity contribution in [1.29, 1.82) is 0 Å². The van der Waals surface area contributed by atoms with E-state index in [9.17, 15) is 14.4 Å². The molecule has 0 spiro atoms. The van der Waals surface area contributed by atoms with E-state index in [4.69, 9.17) is 14.2 Å². The zero-order valence-electron chi connectivity index (χ0n) is 54.8. The summed E-state index contributed by atoms with van der Waals surface area (Å²) in [6.45, 7) is 6.64. The minimum atomic E-state index is -0.784. The number of ether oxygens (including phenoxy) is 3. The van der Waals surface area contributed by atoms with Crippen LogP contribution < -0.4 is 0 Å². The van der Waals surface area contributed by atoms with E-state index in [1.54, 1.807) is 0 Å². The second-order valence-corrected chi connectivity index (χ2v) is 24.1. The van der Waals surface area contributed by atoms with Crippen molar-refractivity contribution in [3.8, 4) is 0 Å². The van der Waals surface area contributed by atoms with Crippen LogP contribution in [0.5, 0.6) is 0 Å². The Morgan fingerprint density at radius 3 is 0.720 bits per heavy atom. The average Bonchev–Trinajstić information content (AvgIpc) is 3.47. The first-order valence-corrected chi connectivity index (χ1v) is 35.9. The molecular weight excluding hydrogens is 1010 g/mol. The number of hydrogen-bond acceptors (Lipinski definition) is 6. The number of esters is 3. The van der Waals surface area contributed by atoms with Crippen molar-refractivity contribution in [2.45, 2.75) is 380 Å². The van der Waals surface area contributed by atoms with E-state index in [1.165, 1.54) is 244 Å².